The predicted octanol–water partition coefficient (Wildman–Crippen LogP) is 5.59. The van der Waals surface area contributed by atoms with Crippen molar-refractivity contribution >= 4 is 27.9 Å². The molecular formula is C23H33N5OS. The third-order valence-electron chi connectivity index (χ3n) is 5.06. The third-order valence-corrected chi connectivity index (χ3v) is 6.05. The van der Waals surface area contributed by atoms with E-state index in [1.54, 1.807) is 11.3 Å². The molecule has 0 saturated carbocycles. The molecule has 2 aromatic heterocycles. The number of hydrogen-bond donors (Lipinski definition) is 2. The van der Waals surface area contributed by atoms with E-state index in [2.05, 4.69) is 57.7 Å². The molecule has 0 radical (unpaired) electrons. The average molecular weight is 428 g/mol. The van der Waals surface area contributed by atoms with Crippen molar-refractivity contribution in [3.8, 4) is 5.88 Å². The molecule has 1 aliphatic rings. The monoisotopic (exact) mass is 427 g/mol. The molecule has 1 aliphatic heterocycles. The summed E-state index contributed by atoms with van der Waals surface area (Å²) in [6.07, 6.45) is 16.8. The third kappa shape index (κ3) is 7.22. The fourth-order valence-electron chi connectivity index (χ4n) is 3.42. The second-order valence-corrected chi connectivity index (χ2v) is 8.49. The Hall–Kier alpha value is -2.25. The van der Waals surface area contributed by atoms with Crippen molar-refractivity contribution in [2.24, 2.45) is 5.92 Å². The van der Waals surface area contributed by atoms with E-state index in [0.29, 0.717) is 24.2 Å². The first-order chi connectivity index (χ1) is 14.8. The summed E-state index contributed by atoms with van der Waals surface area (Å²) in [4.78, 5) is 14.3. The number of nitrogens with one attached hydrogen (secondary N) is 2. The van der Waals surface area contributed by atoms with Crippen molar-refractivity contribution in [1.29, 1.82) is 0 Å². The van der Waals surface area contributed by atoms with Crippen LogP contribution in [0.4, 0.5) is 10.9 Å². The van der Waals surface area contributed by atoms with Crippen molar-refractivity contribution in [3.05, 3.63) is 41.7 Å². The van der Waals surface area contributed by atoms with Gasteiger partial charge in [0, 0.05) is 12.3 Å². The number of nitrogens with zero attached hydrogens (tertiary/aromatic N) is 3. The summed E-state index contributed by atoms with van der Waals surface area (Å²) < 4.78 is 5.91. The number of ether oxygens (including phenoxy) is 1. The van der Waals surface area contributed by atoms with Crippen LogP contribution in [-0.4, -0.2) is 34.6 Å². The Balaban J connectivity index is 1.57. The van der Waals surface area contributed by atoms with E-state index < -0.39 is 0 Å². The predicted molar refractivity (Wildman–Crippen MR) is 125 cm³/mol. The molecule has 3 heterocycles. The molecule has 2 aromatic rings. The van der Waals surface area contributed by atoms with E-state index in [9.17, 15) is 0 Å². The summed E-state index contributed by atoms with van der Waals surface area (Å²) in [5.74, 6) is 1.91. The van der Waals surface area contributed by atoms with E-state index in [4.69, 9.17) is 4.74 Å². The van der Waals surface area contributed by atoms with Crippen LogP contribution in [0.3, 0.4) is 0 Å². The van der Waals surface area contributed by atoms with Gasteiger partial charge in [-0.15, -0.1) is 0 Å². The highest BCUT2D eigenvalue weighted by Crippen LogP contribution is 2.30. The summed E-state index contributed by atoms with van der Waals surface area (Å²) in [5.41, 5.74) is 1.36. The van der Waals surface area contributed by atoms with Gasteiger partial charge < -0.3 is 15.4 Å². The maximum atomic E-state index is 5.91. The maximum absolute atomic E-state index is 5.91. The van der Waals surface area contributed by atoms with Crippen LogP contribution in [0.15, 0.2) is 36.8 Å². The van der Waals surface area contributed by atoms with Gasteiger partial charge in [0.15, 0.2) is 5.13 Å². The zero-order chi connectivity index (χ0) is 21.0. The molecule has 162 valence electrons. The SMILES string of the molecule is CC/C=C\CC/C(=C\CC)c1cnc(Nc2cc(OCC3CCNCC3)ncn2)s1. The number of allylic oxidation sites excluding steroid dienone is 4. The van der Waals surface area contributed by atoms with E-state index in [0.717, 1.165) is 56.7 Å². The normalized spacial score (nSPS) is 15.6. The molecule has 0 bridgehead atoms. The minimum absolute atomic E-state index is 0.593. The van der Waals surface area contributed by atoms with E-state index >= 15 is 0 Å². The molecule has 2 N–H and O–H groups in total. The summed E-state index contributed by atoms with van der Waals surface area (Å²) in [5, 5.41) is 7.51. The summed E-state index contributed by atoms with van der Waals surface area (Å²) in [7, 11) is 0. The van der Waals surface area contributed by atoms with E-state index in [-0.39, 0.29) is 0 Å². The molecule has 0 unspecified atom stereocenters. The van der Waals surface area contributed by atoms with Crippen molar-refractivity contribution in [3.63, 3.8) is 0 Å². The molecule has 1 saturated heterocycles. The fraction of sp³-hybridized carbons (Fsp3) is 0.522. The van der Waals surface area contributed by atoms with Crippen LogP contribution in [0, 0.1) is 5.92 Å². The largest absolute Gasteiger partial charge is 0.477 e. The average Bonchev–Trinajstić information content (AvgIpc) is 3.24. The van der Waals surface area contributed by atoms with Gasteiger partial charge in [0.2, 0.25) is 5.88 Å². The van der Waals surface area contributed by atoms with Gasteiger partial charge in [-0.3, -0.25) is 0 Å². The van der Waals surface area contributed by atoms with Crippen LogP contribution in [0.25, 0.3) is 5.57 Å². The Kier molecular flexibility index (Phi) is 9.31. The van der Waals surface area contributed by atoms with Crippen molar-refractivity contribution in [2.75, 3.05) is 25.0 Å². The van der Waals surface area contributed by atoms with Crippen LogP contribution in [0.5, 0.6) is 5.88 Å². The molecule has 0 amide bonds. The number of anilines is 2. The molecule has 1 fully saturated rings. The van der Waals surface area contributed by atoms with E-state index in [1.807, 2.05) is 12.3 Å². The van der Waals surface area contributed by atoms with Crippen molar-refractivity contribution in [2.45, 2.75) is 52.4 Å². The van der Waals surface area contributed by atoms with Gasteiger partial charge in [0.05, 0.1) is 11.5 Å². The maximum Gasteiger partial charge on any atom is 0.218 e. The van der Waals surface area contributed by atoms with Crippen LogP contribution >= 0.6 is 11.3 Å². The van der Waals surface area contributed by atoms with Crippen molar-refractivity contribution < 1.29 is 4.74 Å². The van der Waals surface area contributed by atoms with Gasteiger partial charge in [-0.05, 0) is 63.1 Å². The number of hydrogen-bond acceptors (Lipinski definition) is 7. The lowest BCUT2D eigenvalue weighted by Gasteiger charge is -2.22. The zero-order valence-corrected chi connectivity index (χ0v) is 18.9. The van der Waals surface area contributed by atoms with Gasteiger partial charge in [-0.25, -0.2) is 15.0 Å². The first kappa shape index (κ1) is 22.4. The van der Waals surface area contributed by atoms with Crippen molar-refractivity contribution in [1.82, 2.24) is 20.3 Å². The lowest BCUT2D eigenvalue weighted by Crippen LogP contribution is -2.30. The molecule has 30 heavy (non-hydrogen) atoms. The molecule has 6 nitrogen and oxygen atoms in total. The van der Waals surface area contributed by atoms with Gasteiger partial charge in [-0.1, -0.05) is 43.4 Å². The van der Waals surface area contributed by atoms with Crippen LogP contribution < -0.4 is 15.4 Å². The molecule has 7 heteroatoms. The standard InChI is InChI=1S/C23H33N5OS/c1-3-5-6-7-9-19(8-4-2)20-15-25-23(30-20)28-21-14-22(27-17-26-21)29-16-18-10-12-24-13-11-18/h5-6,8,14-15,17-18,24H,3-4,7,9-13,16H2,1-2H3,(H,25,26,27,28)/b6-5-,19-8+. The molecule has 0 spiro atoms. The highest BCUT2D eigenvalue weighted by molar-refractivity contribution is 7.16. The second-order valence-electron chi connectivity index (χ2n) is 7.46. The fourth-order valence-corrected chi connectivity index (χ4v) is 4.32. The highest BCUT2D eigenvalue weighted by Gasteiger charge is 2.14. The van der Waals surface area contributed by atoms with Crippen LogP contribution in [-0.2, 0) is 0 Å². The van der Waals surface area contributed by atoms with Crippen LogP contribution in [0.1, 0.15) is 57.2 Å². The Morgan fingerprint density at radius 2 is 2.07 bits per heavy atom. The Morgan fingerprint density at radius 3 is 2.87 bits per heavy atom. The molecular weight excluding hydrogens is 394 g/mol. The lowest BCUT2D eigenvalue weighted by atomic mass is 9.99. The Morgan fingerprint density at radius 1 is 1.20 bits per heavy atom. The van der Waals surface area contributed by atoms with E-state index in [1.165, 1.54) is 16.8 Å². The number of rotatable bonds is 11. The lowest BCUT2D eigenvalue weighted by molar-refractivity contribution is 0.209. The second kappa shape index (κ2) is 12.4. The minimum Gasteiger partial charge on any atom is -0.477 e. The highest BCUT2D eigenvalue weighted by atomic mass is 32.1. The van der Waals surface area contributed by atoms with Gasteiger partial charge in [0.1, 0.15) is 12.1 Å². The summed E-state index contributed by atoms with van der Waals surface area (Å²) in [6, 6.07) is 1.85. The first-order valence-electron chi connectivity index (χ1n) is 11.0. The molecule has 3 rings (SSSR count). The summed E-state index contributed by atoms with van der Waals surface area (Å²) >= 11 is 1.66. The topological polar surface area (TPSA) is 72.0 Å². The Labute approximate surface area is 183 Å². The molecule has 0 atom stereocenters. The smallest absolute Gasteiger partial charge is 0.218 e. The van der Waals surface area contributed by atoms with Crippen LogP contribution in [0.2, 0.25) is 0 Å². The number of piperidine rings is 1. The molecule has 0 aromatic carbocycles. The summed E-state index contributed by atoms with van der Waals surface area (Å²) in [6.45, 7) is 7.18. The number of aromatic nitrogens is 3. The van der Waals surface area contributed by atoms with Gasteiger partial charge in [0.25, 0.3) is 0 Å². The molecule has 0 aliphatic carbocycles. The zero-order valence-electron chi connectivity index (χ0n) is 18.1. The van der Waals surface area contributed by atoms with Gasteiger partial charge >= 0.3 is 0 Å². The van der Waals surface area contributed by atoms with Gasteiger partial charge in [-0.2, -0.15) is 0 Å². The Bertz CT molecular complexity index is 827. The first-order valence-corrected chi connectivity index (χ1v) is 11.8. The minimum atomic E-state index is 0.593. The quantitative estimate of drug-likeness (QED) is 0.455. The number of thiazole rings is 1.